The number of hydrogen-bond donors (Lipinski definition) is 0. The third-order valence-electron chi connectivity index (χ3n) is 4.45. The van der Waals surface area contributed by atoms with E-state index in [0.29, 0.717) is 6.61 Å². The Morgan fingerprint density at radius 2 is 2.00 bits per heavy atom. The predicted octanol–water partition coefficient (Wildman–Crippen LogP) is 2.61. The van der Waals surface area contributed by atoms with Crippen LogP contribution < -0.4 is 4.80 Å². The van der Waals surface area contributed by atoms with Gasteiger partial charge in [-0.3, -0.25) is 9.69 Å². The van der Waals surface area contributed by atoms with E-state index in [1.165, 1.54) is 0 Å². The minimum Gasteiger partial charge on any atom is -0.466 e. The van der Waals surface area contributed by atoms with Crippen molar-refractivity contribution in [1.82, 2.24) is 9.47 Å². The maximum Gasteiger partial charge on any atom is 0.311 e. The molecule has 0 bridgehead atoms. The SMILES string of the molecule is CCOC(=O)Cc1csc(=Nc2ccccc2)n1CCCN1CCOCC1. The third-order valence-corrected chi connectivity index (χ3v) is 5.36. The fraction of sp³-hybridized carbons (Fsp3) is 0.500. The molecule has 0 N–H and O–H groups in total. The highest BCUT2D eigenvalue weighted by molar-refractivity contribution is 7.07. The van der Waals surface area contributed by atoms with Gasteiger partial charge < -0.3 is 14.0 Å². The van der Waals surface area contributed by atoms with Gasteiger partial charge in [0.15, 0.2) is 4.80 Å². The molecular formula is C20H27N3O3S. The number of nitrogens with zero attached hydrogens (tertiary/aromatic N) is 3. The van der Waals surface area contributed by atoms with E-state index in [-0.39, 0.29) is 12.4 Å². The number of esters is 1. The Labute approximate surface area is 164 Å². The van der Waals surface area contributed by atoms with E-state index in [9.17, 15) is 4.79 Å². The van der Waals surface area contributed by atoms with Crippen molar-refractivity contribution in [2.45, 2.75) is 26.3 Å². The molecule has 0 unspecified atom stereocenters. The molecule has 0 radical (unpaired) electrons. The lowest BCUT2D eigenvalue weighted by Gasteiger charge is -2.26. The zero-order valence-electron chi connectivity index (χ0n) is 15.8. The number of hydrogen-bond acceptors (Lipinski definition) is 6. The average molecular weight is 390 g/mol. The van der Waals surface area contributed by atoms with Crippen LogP contribution in [0.25, 0.3) is 0 Å². The van der Waals surface area contributed by atoms with Crippen LogP contribution in [0.5, 0.6) is 0 Å². The van der Waals surface area contributed by atoms with Gasteiger partial charge in [0.2, 0.25) is 0 Å². The van der Waals surface area contributed by atoms with Crippen molar-refractivity contribution in [3.8, 4) is 0 Å². The zero-order chi connectivity index (χ0) is 18.9. The Kier molecular flexibility index (Phi) is 7.62. The standard InChI is InChI=1S/C20H27N3O3S/c1-2-26-19(24)15-18-16-27-20(21-17-7-4-3-5-8-17)23(18)10-6-9-22-11-13-25-14-12-22/h3-5,7-8,16H,2,6,9-15H2,1H3. The predicted molar refractivity (Wildman–Crippen MR) is 106 cm³/mol. The van der Waals surface area contributed by atoms with Crippen LogP contribution in [0.15, 0.2) is 40.7 Å². The van der Waals surface area contributed by atoms with Gasteiger partial charge in [0.1, 0.15) is 0 Å². The maximum absolute atomic E-state index is 12.0. The lowest BCUT2D eigenvalue weighted by molar-refractivity contribution is -0.142. The normalized spacial score (nSPS) is 15.8. The molecule has 1 saturated heterocycles. The largest absolute Gasteiger partial charge is 0.466 e. The van der Waals surface area contributed by atoms with E-state index in [1.54, 1.807) is 11.3 Å². The summed E-state index contributed by atoms with van der Waals surface area (Å²) in [5.41, 5.74) is 1.89. The van der Waals surface area contributed by atoms with Crippen molar-refractivity contribution in [3.05, 3.63) is 46.2 Å². The number of benzene rings is 1. The molecule has 1 aromatic heterocycles. The molecule has 6 nitrogen and oxygen atoms in total. The van der Waals surface area contributed by atoms with Crippen LogP contribution in [0.4, 0.5) is 5.69 Å². The van der Waals surface area contributed by atoms with Gasteiger partial charge in [-0.05, 0) is 25.5 Å². The number of carbonyl (C=O) groups is 1. The second-order valence-electron chi connectivity index (χ2n) is 6.40. The molecule has 146 valence electrons. The molecule has 0 amide bonds. The first-order valence-electron chi connectivity index (χ1n) is 9.49. The van der Waals surface area contributed by atoms with Crippen molar-refractivity contribution in [3.63, 3.8) is 0 Å². The molecule has 1 fully saturated rings. The van der Waals surface area contributed by atoms with Crippen LogP contribution in [0.3, 0.4) is 0 Å². The fourth-order valence-electron chi connectivity index (χ4n) is 3.08. The molecule has 0 aliphatic carbocycles. The molecule has 7 heteroatoms. The number of ether oxygens (including phenoxy) is 2. The molecule has 2 heterocycles. The third kappa shape index (κ3) is 6.02. The summed E-state index contributed by atoms with van der Waals surface area (Å²) < 4.78 is 12.7. The molecule has 0 atom stereocenters. The first kappa shape index (κ1) is 19.8. The van der Waals surface area contributed by atoms with Crippen LogP contribution in [0.2, 0.25) is 0 Å². The van der Waals surface area contributed by atoms with E-state index in [1.807, 2.05) is 42.6 Å². The second-order valence-corrected chi connectivity index (χ2v) is 7.23. The molecule has 0 spiro atoms. The summed E-state index contributed by atoms with van der Waals surface area (Å²) in [6, 6.07) is 9.92. The van der Waals surface area contributed by atoms with Crippen molar-refractivity contribution in [2.75, 3.05) is 39.5 Å². The first-order valence-corrected chi connectivity index (χ1v) is 10.4. The van der Waals surface area contributed by atoms with E-state index >= 15 is 0 Å². The van der Waals surface area contributed by atoms with Gasteiger partial charge in [0.25, 0.3) is 0 Å². The number of aromatic nitrogens is 1. The number of para-hydroxylation sites is 1. The molecule has 2 aromatic rings. The smallest absolute Gasteiger partial charge is 0.311 e. The van der Waals surface area contributed by atoms with Crippen LogP contribution in [-0.2, 0) is 27.2 Å². The number of thiazole rings is 1. The lowest BCUT2D eigenvalue weighted by Crippen LogP contribution is -2.37. The van der Waals surface area contributed by atoms with Gasteiger partial charge in [-0.15, -0.1) is 11.3 Å². The van der Waals surface area contributed by atoms with Crippen molar-refractivity contribution in [1.29, 1.82) is 0 Å². The Morgan fingerprint density at radius 3 is 2.74 bits per heavy atom. The Hall–Kier alpha value is -1.96. The monoisotopic (exact) mass is 389 g/mol. The summed E-state index contributed by atoms with van der Waals surface area (Å²) in [5, 5.41) is 2.02. The van der Waals surface area contributed by atoms with Crippen LogP contribution in [0.1, 0.15) is 19.0 Å². The molecule has 1 aliphatic rings. The topological polar surface area (TPSA) is 56.1 Å². The van der Waals surface area contributed by atoms with Crippen molar-refractivity contribution >= 4 is 23.0 Å². The summed E-state index contributed by atoms with van der Waals surface area (Å²) >= 11 is 1.57. The van der Waals surface area contributed by atoms with Crippen LogP contribution in [0, 0.1) is 0 Å². The molecule has 3 rings (SSSR count). The van der Waals surface area contributed by atoms with E-state index in [4.69, 9.17) is 14.5 Å². The second kappa shape index (κ2) is 10.4. The van der Waals surface area contributed by atoms with E-state index in [2.05, 4.69) is 9.47 Å². The first-order chi connectivity index (χ1) is 13.3. The Balaban J connectivity index is 1.75. The maximum atomic E-state index is 12.0. The van der Waals surface area contributed by atoms with Gasteiger partial charge >= 0.3 is 5.97 Å². The molecule has 27 heavy (non-hydrogen) atoms. The quantitative estimate of drug-likeness (QED) is 0.651. The number of rotatable bonds is 8. The highest BCUT2D eigenvalue weighted by Gasteiger charge is 2.13. The van der Waals surface area contributed by atoms with Gasteiger partial charge in [-0.1, -0.05) is 18.2 Å². The molecule has 0 saturated carbocycles. The van der Waals surface area contributed by atoms with Gasteiger partial charge in [-0.2, -0.15) is 0 Å². The molecule has 1 aliphatic heterocycles. The number of carbonyl (C=O) groups excluding carboxylic acids is 1. The Bertz CT molecular complexity index is 779. The highest BCUT2D eigenvalue weighted by atomic mass is 32.1. The zero-order valence-corrected chi connectivity index (χ0v) is 16.6. The summed E-state index contributed by atoms with van der Waals surface area (Å²) in [4.78, 5) is 20.1. The summed E-state index contributed by atoms with van der Waals surface area (Å²) in [7, 11) is 0. The fourth-order valence-corrected chi connectivity index (χ4v) is 4.03. The van der Waals surface area contributed by atoms with Crippen LogP contribution >= 0.6 is 11.3 Å². The van der Waals surface area contributed by atoms with E-state index in [0.717, 1.165) is 62.0 Å². The van der Waals surface area contributed by atoms with Crippen LogP contribution in [-0.4, -0.2) is 54.9 Å². The highest BCUT2D eigenvalue weighted by Crippen LogP contribution is 2.12. The molecular weight excluding hydrogens is 362 g/mol. The minimum atomic E-state index is -0.191. The average Bonchev–Trinajstić information content (AvgIpc) is 3.05. The summed E-state index contributed by atoms with van der Waals surface area (Å²) in [6.07, 6.45) is 1.29. The molecule has 1 aromatic carbocycles. The Morgan fingerprint density at radius 1 is 1.22 bits per heavy atom. The summed E-state index contributed by atoms with van der Waals surface area (Å²) in [6.45, 7) is 7.70. The van der Waals surface area contributed by atoms with Gasteiger partial charge in [0, 0.05) is 37.3 Å². The van der Waals surface area contributed by atoms with E-state index < -0.39 is 0 Å². The number of morpholine rings is 1. The van der Waals surface area contributed by atoms with Crippen molar-refractivity contribution in [2.24, 2.45) is 4.99 Å². The minimum absolute atomic E-state index is 0.191. The lowest BCUT2D eigenvalue weighted by atomic mass is 10.3. The van der Waals surface area contributed by atoms with Gasteiger partial charge in [0.05, 0.1) is 31.9 Å². The summed E-state index contributed by atoms with van der Waals surface area (Å²) in [5.74, 6) is -0.191. The van der Waals surface area contributed by atoms with Gasteiger partial charge in [-0.25, -0.2) is 4.99 Å². The van der Waals surface area contributed by atoms with Crippen molar-refractivity contribution < 1.29 is 14.3 Å².